The number of hydrogen-bond donors (Lipinski definition) is 1. The normalized spacial score (nSPS) is 21.8. The summed E-state index contributed by atoms with van der Waals surface area (Å²) >= 11 is 0. The molecule has 2 aromatic heterocycles. The molecule has 0 spiro atoms. The van der Waals surface area contributed by atoms with E-state index in [4.69, 9.17) is 26.4 Å². The van der Waals surface area contributed by atoms with E-state index in [1.807, 2.05) is 20.8 Å². The van der Waals surface area contributed by atoms with Crippen molar-refractivity contribution in [3.05, 3.63) is 12.4 Å². The summed E-state index contributed by atoms with van der Waals surface area (Å²) in [6, 6.07) is 0. The van der Waals surface area contributed by atoms with Gasteiger partial charge in [0.2, 0.25) is 5.60 Å². The molecule has 2 N–H and O–H groups in total. The number of carbonyl (C=O) groups excluding carboxylic acids is 2. The lowest BCUT2D eigenvalue weighted by molar-refractivity contribution is -0.169. The number of imidazole rings is 1. The number of aromatic nitrogens is 4. The van der Waals surface area contributed by atoms with Gasteiger partial charge in [0.05, 0.1) is 12.2 Å². The lowest BCUT2D eigenvalue weighted by Gasteiger charge is -2.29. The Morgan fingerprint density at radius 3 is 2.66 bits per heavy atom. The number of nitrogens with zero attached hydrogens (tertiary/aromatic N) is 4. The van der Waals surface area contributed by atoms with Crippen molar-refractivity contribution in [2.45, 2.75) is 83.6 Å². The van der Waals surface area contributed by atoms with Crippen LogP contribution in [0.5, 0.6) is 0 Å². The maximum atomic E-state index is 13.9. The molecule has 3 atom stereocenters. The van der Waals surface area contributed by atoms with Crippen molar-refractivity contribution in [2.24, 2.45) is 5.92 Å². The van der Waals surface area contributed by atoms with E-state index >= 15 is 0 Å². The third-order valence-corrected chi connectivity index (χ3v) is 6.02. The number of fused-ring (bicyclic) bond motifs is 1. The number of anilines is 1. The summed E-state index contributed by atoms with van der Waals surface area (Å²) in [6.45, 7) is 5.55. The third-order valence-electron chi connectivity index (χ3n) is 6.02. The van der Waals surface area contributed by atoms with E-state index in [0.717, 1.165) is 12.8 Å². The third kappa shape index (κ3) is 5.70. The molecule has 0 radical (unpaired) electrons. The van der Waals surface area contributed by atoms with Crippen molar-refractivity contribution in [1.82, 2.24) is 19.5 Å². The fraction of sp³-hybridized carbons (Fsp3) is 0.625. The van der Waals surface area contributed by atoms with Crippen molar-refractivity contribution in [2.75, 3.05) is 12.3 Å². The second-order valence-electron chi connectivity index (χ2n) is 8.65. The van der Waals surface area contributed by atoms with E-state index in [1.54, 1.807) is 0 Å². The molecule has 35 heavy (non-hydrogen) atoms. The highest BCUT2D eigenvalue weighted by atomic mass is 19.1. The van der Waals surface area contributed by atoms with Gasteiger partial charge < -0.3 is 19.9 Å². The quantitative estimate of drug-likeness (QED) is 0.287. The molecule has 1 fully saturated rings. The van der Waals surface area contributed by atoms with Crippen molar-refractivity contribution in [3.63, 3.8) is 0 Å². The lowest BCUT2D eigenvalue weighted by Crippen LogP contribution is -2.46. The molecule has 1 saturated heterocycles. The monoisotopic (exact) mass is 489 g/mol. The second-order valence-corrected chi connectivity index (χ2v) is 8.65. The van der Waals surface area contributed by atoms with Crippen LogP contribution in [0.2, 0.25) is 0 Å². The van der Waals surface area contributed by atoms with Gasteiger partial charge in [-0.15, -0.1) is 6.42 Å². The van der Waals surface area contributed by atoms with Gasteiger partial charge in [0.1, 0.15) is 18.9 Å². The lowest BCUT2D eigenvalue weighted by atomic mass is 9.97. The molecule has 11 heteroatoms. The molecule has 190 valence electrons. The zero-order chi connectivity index (χ0) is 25.6. The number of carbonyl (C=O) groups is 2. The van der Waals surface area contributed by atoms with Crippen LogP contribution in [0.25, 0.3) is 11.2 Å². The summed E-state index contributed by atoms with van der Waals surface area (Å²) in [5, 5.41) is 0. The Bertz CT molecular complexity index is 1090. The summed E-state index contributed by atoms with van der Waals surface area (Å²) in [6.07, 6.45) is 8.46. The van der Waals surface area contributed by atoms with Gasteiger partial charge in [0.25, 0.3) is 0 Å². The zero-order valence-corrected chi connectivity index (χ0v) is 20.3. The van der Waals surface area contributed by atoms with Crippen LogP contribution in [0.1, 0.15) is 71.9 Å². The highest BCUT2D eigenvalue weighted by Gasteiger charge is 2.52. The van der Waals surface area contributed by atoms with Gasteiger partial charge in [-0.25, -0.2) is 4.98 Å². The van der Waals surface area contributed by atoms with Crippen molar-refractivity contribution >= 4 is 28.9 Å². The van der Waals surface area contributed by atoms with Crippen LogP contribution >= 0.6 is 0 Å². The Kier molecular flexibility index (Phi) is 8.62. The Morgan fingerprint density at radius 2 is 2.03 bits per heavy atom. The summed E-state index contributed by atoms with van der Waals surface area (Å²) in [4.78, 5) is 36.6. The second kappa shape index (κ2) is 11.4. The number of rotatable bonds is 11. The molecular weight excluding hydrogens is 457 g/mol. The molecular formula is C24H32FN5O5. The smallest absolute Gasteiger partial charge is 0.312 e. The van der Waals surface area contributed by atoms with E-state index in [2.05, 4.69) is 20.9 Å². The van der Waals surface area contributed by atoms with Crippen LogP contribution in [0.4, 0.5) is 10.2 Å². The van der Waals surface area contributed by atoms with Crippen LogP contribution < -0.4 is 5.73 Å². The maximum absolute atomic E-state index is 13.9. The average molecular weight is 490 g/mol. The van der Waals surface area contributed by atoms with E-state index in [0.29, 0.717) is 19.3 Å². The minimum Gasteiger partial charge on any atom is -0.461 e. The minimum absolute atomic E-state index is 0.106. The molecule has 3 rings (SSSR count). The predicted octanol–water partition coefficient (Wildman–Crippen LogP) is 3.31. The van der Waals surface area contributed by atoms with Crippen molar-refractivity contribution < 1.29 is 28.2 Å². The number of nitrogens with two attached hydrogens (primary N) is 1. The first-order chi connectivity index (χ1) is 16.8. The topological polar surface area (TPSA) is 131 Å². The molecule has 1 aliphatic rings. The van der Waals surface area contributed by atoms with Crippen molar-refractivity contribution in [3.8, 4) is 12.3 Å². The van der Waals surface area contributed by atoms with E-state index in [1.165, 1.54) is 10.9 Å². The van der Waals surface area contributed by atoms with Crippen LogP contribution in [0, 0.1) is 24.3 Å². The summed E-state index contributed by atoms with van der Waals surface area (Å²) in [5.74, 6) is 1.36. The number of esters is 2. The Morgan fingerprint density at radius 1 is 1.31 bits per heavy atom. The molecule has 3 heterocycles. The summed E-state index contributed by atoms with van der Waals surface area (Å²) < 4.78 is 32.8. The first-order valence-electron chi connectivity index (χ1n) is 12.0. The van der Waals surface area contributed by atoms with Crippen LogP contribution in [-0.4, -0.2) is 49.8 Å². The number of terminal acetylenes is 1. The molecule has 0 saturated carbocycles. The highest BCUT2D eigenvalue weighted by Crippen LogP contribution is 2.40. The van der Waals surface area contributed by atoms with Crippen molar-refractivity contribution in [1.29, 1.82) is 0 Å². The van der Waals surface area contributed by atoms with Gasteiger partial charge in [0.15, 0.2) is 17.0 Å². The first-order valence-corrected chi connectivity index (χ1v) is 12.0. The standard InChI is InChI=1S/C24H32FN5O5/c1-5-9-15(10-6-2)22(32)33-13-24(8-4)16(34-18(31)11-7-3)12-17(35-24)30-14-27-19-20(26)28-23(25)29-21(19)30/h4,14-17H,5-7,9-13H2,1-3H3,(H2,26,28,29)/t16-,17+,24+/m0/s1. The number of halogens is 1. The Balaban J connectivity index is 1.90. The number of ether oxygens (including phenoxy) is 3. The van der Waals surface area contributed by atoms with E-state index in [-0.39, 0.29) is 48.3 Å². The average Bonchev–Trinajstić information content (AvgIpc) is 3.39. The van der Waals surface area contributed by atoms with E-state index in [9.17, 15) is 14.0 Å². The molecule has 1 aliphatic heterocycles. The van der Waals surface area contributed by atoms with E-state index < -0.39 is 30.0 Å². The van der Waals surface area contributed by atoms with Crippen LogP contribution in [0.3, 0.4) is 0 Å². The molecule has 0 aromatic carbocycles. The first kappa shape index (κ1) is 26.3. The molecule has 0 bridgehead atoms. The van der Waals surface area contributed by atoms with Gasteiger partial charge in [-0.2, -0.15) is 14.4 Å². The van der Waals surface area contributed by atoms with Gasteiger partial charge in [0, 0.05) is 12.8 Å². The predicted molar refractivity (Wildman–Crippen MR) is 125 cm³/mol. The van der Waals surface area contributed by atoms with Crippen LogP contribution in [-0.2, 0) is 23.8 Å². The summed E-state index contributed by atoms with van der Waals surface area (Å²) in [5.41, 5.74) is 4.53. The molecule has 0 amide bonds. The van der Waals surface area contributed by atoms with Crippen LogP contribution in [0.15, 0.2) is 6.33 Å². The largest absolute Gasteiger partial charge is 0.461 e. The minimum atomic E-state index is -1.54. The Labute approximate surface area is 203 Å². The summed E-state index contributed by atoms with van der Waals surface area (Å²) in [7, 11) is 0. The zero-order valence-electron chi connectivity index (χ0n) is 20.3. The SMILES string of the molecule is C#C[C@]1(COC(=O)C(CCC)CCC)O[C@@H](n2cnc3c(N)nc(F)nc32)C[C@@H]1OC(=O)CCC. The molecule has 0 unspecified atom stereocenters. The number of hydrogen-bond acceptors (Lipinski definition) is 9. The van der Waals surface area contributed by atoms with Gasteiger partial charge in [-0.05, 0) is 19.3 Å². The molecule has 2 aromatic rings. The van der Waals surface area contributed by atoms with Gasteiger partial charge in [-0.3, -0.25) is 14.2 Å². The maximum Gasteiger partial charge on any atom is 0.312 e. The van der Waals surface area contributed by atoms with Gasteiger partial charge in [-0.1, -0.05) is 39.5 Å². The number of nitrogen functional groups attached to an aromatic ring is 1. The van der Waals surface area contributed by atoms with Gasteiger partial charge >= 0.3 is 18.0 Å². The fourth-order valence-corrected chi connectivity index (χ4v) is 4.27. The Hall–Kier alpha value is -3.26. The highest BCUT2D eigenvalue weighted by molar-refractivity contribution is 5.81. The molecule has 10 nitrogen and oxygen atoms in total. The fourth-order valence-electron chi connectivity index (χ4n) is 4.27. The molecule has 0 aliphatic carbocycles.